The van der Waals surface area contributed by atoms with Crippen LogP contribution in [0.15, 0.2) is 24.3 Å². The fourth-order valence-electron chi connectivity index (χ4n) is 2.67. The van der Waals surface area contributed by atoms with Gasteiger partial charge in [-0.3, -0.25) is 0 Å². The minimum Gasteiger partial charge on any atom is -0.493 e. The zero-order valence-corrected chi connectivity index (χ0v) is 11.4. The summed E-state index contributed by atoms with van der Waals surface area (Å²) in [5.41, 5.74) is 0.815. The SMILES string of the molecule is OCC[C@@H](O)c1cccc(OCC2CCCCC2)c1. The molecule has 0 radical (unpaired) electrons. The lowest BCUT2D eigenvalue weighted by Gasteiger charge is -2.22. The Labute approximate surface area is 115 Å². The number of benzene rings is 1. The normalized spacial score (nSPS) is 18.2. The minimum absolute atomic E-state index is 0.00563. The first-order chi connectivity index (χ1) is 9.29. The van der Waals surface area contributed by atoms with Crippen LogP contribution in [-0.2, 0) is 0 Å². The molecule has 0 amide bonds. The standard InChI is InChI=1S/C16H24O3/c17-10-9-16(18)14-7-4-8-15(11-14)19-12-13-5-2-1-3-6-13/h4,7-8,11,13,16-18H,1-3,5-6,9-10,12H2/t16-/m1/s1. The van der Waals surface area contributed by atoms with Gasteiger partial charge in [0.05, 0.1) is 12.7 Å². The van der Waals surface area contributed by atoms with Crippen LogP contribution in [0.2, 0.25) is 0 Å². The largest absolute Gasteiger partial charge is 0.493 e. The molecule has 1 aliphatic rings. The van der Waals surface area contributed by atoms with Gasteiger partial charge in [0.15, 0.2) is 0 Å². The van der Waals surface area contributed by atoms with Crippen LogP contribution in [0, 0.1) is 5.92 Å². The van der Waals surface area contributed by atoms with E-state index >= 15 is 0 Å². The molecule has 3 heteroatoms. The highest BCUT2D eigenvalue weighted by molar-refractivity contribution is 5.29. The van der Waals surface area contributed by atoms with Gasteiger partial charge >= 0.3 is 0 Å². The third-order valence-electron chi connectivity index (χ3n) is 3.86. The predicted octanol–water partition coefficient (Wildman–Crippen LogP) is 3.06. The van der Waals surface area contributed by atoms with Gasteiger partial charge in [-0.05, 0) is 36.5 Å². The molecule has 1 atom stereocenters. The van der Waals surface area contributed by atoms with E-state index in [0.29, 0.717) is 12.3 Å². The van der Waals surface area contributed by atoms with E-state index in [4.69, 9.17) is 9.84 Å². The maximum absolute atomic E-state index is 9.85. The average Bonchev–Trinajstić information content (AvgIpc) is 2.47. The first-order valence-corrected chi connectivity index (χ1v) is 7.31. The number of ether oxygens (including phenoxy) is 1. The molecule has 1 fully saturated rings. The molecule has 0 heterocycles. The second-order valence-corrected chi connectivity index (χ2v) is 5.42. The molecular weight excluding hydrogens is 240 g/mol. The molecule has 0 unspecified atom stereocenters. The van der Waals surface area contributed by atoms with Crippen LogP contribution >= 0.6 is 0 Å². The van der Waals surface area contributed by atoms with Crippen LogP contribution in [-0.4, -0.2) is 23.4 Å². The Morgan fingerprint density at radius 3 is 2.74 bits per heavy atom. The van der Waals surface area contributed by atoms with E-state index in [0.717, 1.165) is 17.9 Å². The van der Waals surface area contributed by atoms with E-state index in [1.54, 1.807) is 0 Å². The molecule has 0 aromatic heterocycles. The zero-order valence-electron chi connectivity index (χ0n) is 11.4. The Morgan fingerprint density at radius 2 is 2.00 bits per heavy atom. The highest BCUT2D eigenvalue weighted by atomic mass is 16.5. The molecule has 0 spiro atoms. The van der Waals surface area contributed by atoms with Gasteiger partial charge in [-0.25, -0.2) is 0 Å². The van der Waals surface area contributed by atoms with Crippen LogP contribution in [0.25, 0.3) is 0 Å². The quantitative estimate of drug-likeness (QED) is 0.830. The van der Waals surface area contributed by atoms with Gasteiger partial charge < -0.3 is 14.9 Å². The van der Waals surface area contributed by atoms with Gasteiger partial charge in [0.2, 0.25) is 0 Å². The Kier molecular flexibility index (Phi) is 5.67. The molecule has 0 saturated heterocycles. The summed E-state index contributed by atoms with van der Waals surface area (Å²) < 4.78 is 5.84. The van der Waals surface area contributed by atoms with Crippen molar-refractivity contribution >= 4 is 0 Å². The summed E-state index contributed by atoms with van der Waals surface area (Å²) in [5.74, 6) is 1.50. The molecule has 2 rings (SSSR count). The van der Waals surface area contributed by atoms with E-state index in [1.807, 2.05) is 24.3 Å². The molecule has 106 valence electrons. The Bertz CT molecular complexity index is 372. The number of hydrogen-bond donors (Lipinski definition) is 2. The van der Waals surface area contributed by atoms with Crippen molar-refractivity contribution in [2.75, 3.05) is 13.2 Å². The maximum Gasteiger partial charge on any atom is 0.119 e. The van der Waals surface area contributed by atoms with Crippen LogP contribution in [0.1, 0.15) is 50.2 Å². The molecule has 19 heavy (non-hydrogen) atoms. The summed E-state index contributed by atoms with van der Waals surface area (Å²) >= 11 is 0. The molecule has 1 aliphatic carbocycles. The third kappa shape index (κ3) is 4.51. The van der Waals surface area contributed by atoms with E-state index in [1.165, 1.54) is 32.1 Å². The van der Waals surface area contributed by atoms with E-state index in [9.17, 15) is 5.11 Å². The molecule has 1 aromatic carbocycles. The lowest BCUT2D eigenvalue weighted by atomic mass is 9.90. The first-order valence-electron chi connectivity index (χ1n) is 7.31. The molecule has 2 N–H and O–H groups in total. The van der Waals surface area contributed by atoms with Gasteiger partial charge in [-0.15, -0.1) is 0 Å². The van der Waals surface area contributed by atoms with Crippen molar-refractivity contribution in [1.29, 1.82) is 0 Å². The molecule has 3 nitrogen and oxygen atoms in total. The fraction of sp³-hybridized carbons (Fsp3) is 0.625. The van der Waals surface area contributed by atoms with E-state index in [-0.39, 0.29) is 6.61 Å². The summed E-state index contributed by atoms with van der Waals surface area (Å²) in [7, 11) is 0. The Balaban J connectivity index is 1.87. The second kappa shape index (κ2) is 7.51. The monoisotopic (exact) mass is 264 g/mol. The maximum atomic E-state index is 9.85. The van der Waals surface area contributed by atoms with Crippen LogP contribution in [0.3, 0.4) is 0 Å². The van der Waals surface area contributed by atoms with Crippen LogP contribution in [0.4, 0.5) is 0 Å². The average molecular weight is 264 g/mol. The molecular formula is C16H24O3. The summed E-state index contributed by atoms with van der Waals surface area (Å²) in [6.45, 7) is 0.772. The van der Waals surface area contributed by atoms with Gasteiger partial charge in [-0.2, -0.15) is 0 Å². The summed E-state index contributed by atoms with van der Waals surface area (Å²) in [6, 6.07) is 7.57. The summed E-state index contributed by atoms with van der Waals surface area (Å²) in [6.07, 6.45) is 6.31. The van der Waals surface area contributed by atoms with Crippen molar-refractivity contribution in [1.82, 2.24) is 0 Å². The Hall–Kier alpha value is -1.06. The molecule has 0 bridgehead atoms. The van der Waals surface area contributed by atoms with E-state index < -0.39 is 6.10 Å². The third-order valence-corrected chi connectivity index (χ3v) is 3.86. The minimum atomic E-state index is -0.608. The number of aliphatic hydroxyl groups is 2. The predicted molar refractivity (Wildman–Crippen MR) is 75.2 cm³/mol. The molecule has 1 saturated carbocycles. The Morgan fingerprint density at radius 1 is 1.21 bits per heavy atom. The summed E-state index contributed by atoms with van der Waals surface area (Å²) in [5, 5.41) is 18.7. The zero-order chi connectivity index (χ0) is 13.5. The van der Waals surface area contributed by atoms with Crippen molar-refractivity contribution < 1.29 is 14.9 Å². The lowest BCUT2D eigenvalue weighted by Crippen LogP contribution is -2.15. The van der Waals surface area contributed by atoms with Crippen molar-refractivity contribution in [3.63, 3.8) is 0 Å². The van der Waals surface area contributed by atoms with Crippen molar-refractivity contribution in [3.8, 4) is 5.75 Å². The number of aliphatic hydroxyl groups excluding tert-OH is 2. The second-order valence-electron chi connectivity index (χ2n) is 5.42. The topological polar surface area (TPSA) is 49.7 Å². The summed E-state index contributed by atoms with van der Waals surface area (Å²) in [4.78, 5) is 0. The van der Waals surface area contributed by atoms with Gasteiger partial charge in [-0.1, -0.05) is 31.4 Å². The van der Waals surface area contributed by atoms with Gasteiger partial charge in [0.1, 0.15) is 5.75 Å². The smallest absolute Gasteiger partial charge is 0.119 e. The van der Waals surface area contributed by atoms with Crippen LogP contribution < -0.4 is 4.74 Å². The van der Waals surface area contributed by atoms with Gasteiger partial charge in [0.25, 0.3) is 0 Å². The molecule has 0 aliphatic heterocycles. The number of rotatable bonds is 6. The van der Waals surface area contributed by atoms with Crippen molar-refractivity contribution in [3.05, 3.63) is 29.8 Å². The highest BCUT2D eigenvalue weighted by Crippen LogP contribution is 2.26. The van der Waals surface area contributed by atoms with Gasteiger partial charge in [0, 0.05) is 13.0 Å². The van der Waals surface area contributed by atoms with Crippen LogP contribution in [0.5, 0.6) is 5.75 Å². The lowest BCUT2D eigenvalue weighted by molar-refractivity contribution is 0.133. The molecule has 1 aromatic rings. The number of hydrogen-bond acceptors (Lipinski definition) is 3. The first kappa shape index (κ1) is 14.4. The fourth-order valence-corrected chi connectivity index (χ4v) is 2.67. The van der Waals surface area contributed by atoms with Crippen molar-refractivity contribution in [2.24, 2.45) is 5.92 Å². The highest BCUT2D eigenvalue weighted by Gasteiger charge is 2.14. The van der Waals surface area contributed by atoms with Crippen molar-refractivity contribution in [2.45, 2.75) is 44.6 Å². The van der Waals surface area contributed by atoms with E-state index in [2.05, 4.69) is 0 Å².